The average Bonchev–Trinajstić information content (AvgIpc) is 3.02. The van der Waals surface area contributed by atoms with Crippen molar-refractivity contribution in [2.75, 3.05) is 0 Å². The summed E-state index contributed by atoms with van der Waals surface area (Å²) >= 11 is 0. The summed E-state index contributed by atoms with van der Waals surface area (Å²) in [6.07, 6.45) is 4.73. The van der Waals surface area contributed by atoms with Gasteiger partial charge in [0.05, 0.1) is 5.52 Å². The lowest BCUT2D eigenvalue weighted by molar-refractivity contribution is 0.483. The van der Waals surface area contributed by atoms with Gasteiger partial charge in [0.2, 0.25) is 0 Å². The highest BCUT2D eigenvalue weighted by Gasteiger charge is 2.26. The molecule has 1 aromatic heterocycles. The van der Waals surface area contributed by atoms with E-state index < -0.39 is 0 Å². The molecule has 154 valence electrons. The Labute approximate surface area is 177 Å². The fourth-order valence-corrected chi connectivity index (χ4v) is 4.21. The number of allylic oxidation sites excluding steroid dienone is 1. The van der Waals surface area contributed by atoms with Crippen molar-refractivity contribution in [2.24, 2.45) is 5.41 Å². The molecular weight excluding hydrogens is 350 g/mol. The Kier molecular flexibility index (Phi) is 5.81. The van der Waals surface area contributed by atoms with Gasteiger partial charge in [0.1, 0.15) is 0 Å². The van der Waals surface area contributed by atoms with E-state index in [0.717, 1.165) is 12.8 Å². The van der Waals surface area contributed by atoms with Crippen LogP contribution >= 0.6 is 0 Å². The van der Waals surface area contributed by atoms with Gasteiger partial charge in [0.15, 0.2) is 0 Å². The molecule has 0 N–H and O–H groups in total. The maximum atomic E-state index is 2.48. The molecular formula is C28H37N. The molecule has 0 radical (unpaired) electrons. The van der Waals surface area contributed by atoms with Crippen LogP contribution in [0.25, 0.3) is 22.7 Å². The first-order valence-corrected chi connectivity index (χ1v) is 11.1. The second-order valence-corrected chi connectivity index (χ2v) is 9.93. The van der Waals surface area contributed by atoms with Gasteiger partial charge in [-0.25, -0.2) is 0 Å². The lowest BCUT2D eigenvalue weighted by atomic mass is 9.79. The van der Waals surface area contributed by atoms with Crippen LogP contribution in [0.4, 0.5) is 0 Å². The molecule has 0 bridgehead atoms. The third kappa shape index (κ3) is 4.06. The highest BCUT2D eigenvalue weighted by atomic mass is 15.0. The summed E-state index contributed by atoms with van der Waals surface area (Å²) in [5, 5.41) is 1.39. The molecule has 0 atom stereocenters. The van der Waals surface area contributed by atoms with E-state index in [2.05, 4.69) is 101 Å². The molecule has 4 rings (SSSR count). The highest BCUT2D eigenvalue weighted by molar-refractivity contribution is 5.94. The van der Waals surface area contributed by atoms with Crippen LogP contribution in [0.3, 0.4) is 0 Å². The fraction of sp³-hybridized carbons (Fsp3) is 0.429. The number of rotatable bonds is 1. The van der Waals surface area contributed by atoms with E-state index >= 15 is 0 Å². The summed E-state index contributed by atoms with van der Waals surface area (Å²) < 4.78 is 2.48. The largest absolute Gasteiger partial charge is 0.313 e. The van der Waals surface area contributed by atoms with Gasteiger partial charge in [-0.1, -0.05) is 91.3 Å². The SMILES string of the molecule is CC.CC(C)(C)C1=Cc2c(n(-c3ccccc3)c3ccc(C(C)(C)C)cc23)CC1. The van der Waals surface area contributed by atoms with Crippen molar-refractivity contribution in [1.82, 2.24) is 4.57 Å². The van der Waals surface area contributed by atoms with Gasteiger partial charge in [-0.05, 0) is 53.5 Å². The zero-order valence-electron chi connectivity index (χ0n) is 19.6. The minimum Gasteiger partial charge on any atom is -0.313 e. The monoisotopic (exact) mass is 387 g/mol. The Balaban J connectivity index is 0.00000117. The second kappa shape index (κ2) is 7.86. The number of aromatic nitrogens is 1. The molecule has 0 unspecified atom stereocenters. The van der Waals surface area contributed by atoms with Gasteiger partial charge in [-0.3, -0.25) is 0 Å². The molecule has 1 nitrogen and oxygen atoms in total. The smallest absolute Gasteiger partial charge is 0.0537 e. The van der Waals surface area contributed by atoms with Crippen LogP contribution in [0.15, 0.2) is 54.1 Å². The maximum absolute atomic E-state index is 2.48. The number of hydrogen-bond acceptors (Lipinski definition) is 0. The van der Waals surface area contributed by atoms with Crippen LogP contribution in [0.5, 0.6) is 0 Å². The van der Waals surface area contributed by atoms with Gasteiger partial charge >= 0.3 is 0 Å². The summed E-state index contributed by atoms with van der Waals surface area (Å²) in [6, 6.07) is 17.9. The Morgan fingerprint density at radius 2 is 1.41 bits per heavy atom. The van der Waals surface area contributed by atoms with Crippen LogP contribution in [0.1, 0.15) is 78.6 Å². The first-order valence-electron chi connectivity index (χ1n) is 11.1. The summed E-state index contributed by atoms with van der Waals surface area (Å²) in [5.41, 5.74) is 8.81. The second-order valence-electron chi connectivity index (χ2n) is 9.93. The van der Waals surface area contributed by atoms with Gasteiger partial charge in [0, 0.05) is 22.3 Å². The van der Waals surface area contributed by atoms with E-state index in [1.807, 2.05) is 13.8 Å². The lowest BCUT2D eigenvalue weighted by Gasteiger charge is -2.27. The molecule has 1 aliphatic carbocycles. The van der Waals surface area contributed by atoms with Crippen molar-refractivity contribution in [3.63, 3.8) is 0 Å². The average molecular weight is 388 g/mol. The van der Waals surface area contributed by atoms with Gasteiger partial charge in [0.25, 0.3) is 0 Å². The van der Waals surface area contributed by atoms with Crippen LogP contribution in [0, 0.1) is 5.41 Å². The van der Waals surface area contributed by atoms with E-state index in [1.165, 1.54) is 33.4 Å². The molecule has 2 aromatic carbocycles. The quantitative estimate of drug-likeness (QED) is 0.395. The summed E-state index contributed by atoms with van der Waals surface area (Å²) in [7, 11) is 0. The molecule has 0 aliphatic heterocycles. The predicted molar refractivity (Wildman–Crippen MR) is 129 cm³/mol. The predicted octanol–water partition coefficient (Wildman–Crippen LogP) is 8.33. The first kappa shape index (κ1) is 21.4. The topological polar surface area (TPSA) is 4.93 Å². The van der Waals surface area contributed by atoms with Crippen LogP contribution < -0.4 is 0 Å². The highest BCUT2D eigenvalue weighted by Crippen LogP contribution is 2.41. The maximum Gasteiger partial charge on any atom is 0.0537 e. The zero-order valence-corrected chi connectivity index (χ0v) is 19.6. The van der Waals surface area contributed by atoms with E-state index in [4.69, 9.17) is 0 Å². The van der Waals surface area contributed by atoms with Crippen molar-refractivity contribution in [3.8, 4) is 5.69 Å². The number of fused-ring (bicyclic) bond motifs is 3. The number of para-hydroxylation sites is 1. The number of hydrogen-bond donors (Lipinski definition) is 0. The molecule has 0 saturated heterocycles. The molecule has 0 fully saturated rings. The molecule has 0 saturated carbocycles. The van der Waals surface area contributed by atoms with Crippen LogP contribution in [-0.2, 0) is 11.8 Å². The third-order valence-corrected chi connectivity index (χ3v) is 5.90. The van der Waals surface area contributed by atoms with Gasteiger partial charge in [-0.2, -0.15) is 0 Å². The summed E-state index contributed by atoms with van der Waals surface area (Å²) in [4.78, 5) is 0. The lowest BCUT2D eigenvalue weighted by Crippen LogP contribution is -2.14. The third-order valence-electron chi connectivity index (χ3n) is 5.90. The Hall–Kier alpha value is -2.28. The van der Waals surface area contributed by atoms with Gasteiger partial charge in [-0.15, -0.1) is 0 Å². The van der Waals surface area contributed by atoms with E-state index in [0.29, 0.717) is 0 Å². The molecule has 29 heavy (non-hydrogen) atoms. The standard InChI is InChI=1S/C26H31N.C2H6/c1-25(2,3)18-12-14-23-21(16-18)22-17-19(26(4,5)6)13-15-24(22)27(23)20-10-8-7-9-11-20;1-2/h7-12,14,16-17H,13,15H2,1-6H3;1-2H3. The van der Waals surface area contributed by atoms with E-state index in [9.17, 15) is 0 Å². The van der Waals surface area contributed by atoms with Crippen LogP contribution in [0.2, 0.25) is 0 Å². The van der Waals surface area contributed by atoms with Crippen molar-refractivity contribution >= 4 is 17.0 Å². The zero-order chi connectivity index (χ0) is 21.4. The van der Waals surface area contributed by atoms with Crippen molar-refractivity contribution in [3.05, 3.63) is 70.9 Å². The van der Waals surface area contributed by atoms with E-state index in [-0.39, 0.29) is 10.8 Å². The van der Waals surface area contributed by atoms with Crippen molar-refractivity contribution in [1.29, 1.82) is 0 Å². The molecule has 1 aliphatic rings. The normalized spacial score (nSPS) is 14.1. The first-order chi connectivity index (χ1) is 13.7. The van der Waals surface area contributed by atoms with Crippen molar-refractivity contribution in [2.45, 2.75) is 73.6 Å². The molecule has 1 heterocycles. The fourth-order valence-electron chi connectivity index (χ4n) is 4.21. The summed E-state index contributed by atoms with van der Waals surface area (Å²) in [5.74, 6) is 0. The Morgan fingerprint density at radius 1 is 0.759 bits per heavy atom. The number of nitrogens with zero attached hydrogens (tertiary/aromatic N) is 1. The van der Waals surface area contributed by atoms with Gasteiger partial charge < -0.3 is 4.57 Å². The molecule has 3 aromatic rings. The Bertz CT molecular complexity index is 1020. The molecule has 1 heteroatoms. The summed E-state index contributed by atoms with van der Waals surface area (Å²) in [6.45, 7) is 17.9. The van der Waals surface area contributed by atoms with E-state index in [1.54, 1.807) is 5.57 Å². The molecule has 0 spiro atoms. The minimum atomic E-state index is 0.154. The number of benzene rings is 2. The minimum absolute atomic E-state index is 0.154. The van der Waals surface area contributed by atoms with Crippen LogP contribution in [-0.4, -0.2) is 4.57 Å². The molecule has 0 amide bonds. The Morgan fingerprint density at radius 3 is 2.00 bits per heavy atom. The van der Waals surface area contributed by atoms with Crippen molar-refractivity contribution < 1.29 is 0 Å².